The van der Waals surface area contributed by atoms with Gasteiger partial charge < -0.3 is 4.57 Å². The van der Waals surface area contributed by atoms with Crippen molar-refractivity contribution in [2.75, 3.05) is 13.1 Å². The minimum absolute atomic E-state index is 0.156. The van der Waals surface area contributed by atoms with Crippen LogP contribution in [0.4, 0.5) is 0 Å². The lowest BCUT2D eigenvalue weighted by Crippen LogP contribution is -2.41. The van der Waals surface area contributed by atoms with Crippen molar-refractivity contribution >= 4 is 0 Å². The molecule has 1 aromatic heterocycles. The van der Waals surface area contributed by atoms with E-state index >= 15 is 0 Å². The Hall–Kier alpha value is -1.02. The molecule has 0 fully saturated rings. The van der Waals surface area contributed by atoms with Gasteiger partial charge in [-0.2, -0.15) is 0 Å². The summed E-state index contributed by atoms with van der Waals surface area (Å²) in [5.74, 6) is 0. The van der Waals surface area contributed by atoms with Crippen molar-refractivity contribution in [1.29, 1.82) is 0 Å². The quantitative estimate of drug-likeness (QED) is 0.341. The lowest BCUT2D eigenvalue weighted by atomic mass is 9.76. The van der Waals surface area contributed by atoms with Gasteiger partial charge in [0.2, 0.25) is 0 Å². The van der Waals surface area contributed by atoms with Crippen molar-refractivity contribution in [2.24, 2.45) is 10.8 Å². The van der Waals surface area contributed by atoms with Crippen LogP contribution in [0.15, 0.2) is 23.5 Å². The summed E-state index contributed by atoms with van der Waals surface area (Å²) >= 11 is 0. The molecular formula is C32H60N2. The fourth-order valence-corrected chi connectivity index (χ4v) is 4.52. The van der Waals surface area contributed by atoms with E-state index in [4.69, 9.17) is 0 Å². The zero-order valence-electron chi connectivity index (χ0n) is 26.5. The van der Waals surface area contributed by atoms with Crippen molar-refractivity contribution in [3.63, 3.8) is 0 Å². The van der Waals surface area contributed by atoms with E-state index in [9.17, 15) is 0 Å². The SMILES string of the molecule is CC(C)(C)C1=C(C(C)(C)C)CN(C(C)(C)C)C1.CC(C)(C)c1cn(C(C)(C)C)cc1C(C)(C)C. The average Bonchev–Trinajstić information content (AvgIpc) is 3.18. The Morgan fingerprint density at radius 2 is 0.735 bits per heavy atom. The van der Waals surface area contributed by atoms with E-state index in [2.05, 4.69) is 146 Å². The van der Waals surface area contributed by atoms with E-state index in [1.54, 1.807) is 11.1 Å². The van der Waals surface area contributed by atoms with Crippen molar-refractivity contribution < 1.29 is 0 Å². The first-order chi connectivity index (χ1) is 14.7. The molecule has 2 nitrogen and oxygen atoms in total. The normalized spacial score (nSPS) is 17.2. The van der Waals surface area contributed by atoms with Gasteiger partial charge in [0.05, 0.1) is 0 Å². The van der Waals surface area contributed by atoms with Crippen LogP contribution in [0.5, 0.6) is 0 Å². The maximum atomic E-state index is 2.61. The second kappa shape index (κ2) is 9.45. The Bertz CT molecular complexity index is 794. The summed E-state index contributed by atoms with van der Waals surface area (Å²) in [6.45, 7) is 43.9. The topological polar surface area (TPSA) is 8.17 Å². The van der Waals surface area contributed by atoms with Crippen molar-refractivity contribution in [2.45, 2.75) is 147 Å². The standard InChI is InChI=1S/C16H31N.C16H29N/c2*1-14(2,3)12-10-17(16(7,8)9)11-13(12)15(4,5)6/h10-11H2,1-9H3;10-11H,1-9H3. The van der Waals surface area contributed by atoms with Crippen LogP contribution in [0.1, 0.15) is 136 Å². The molecule has 0 spiro atoms. The Morgan fingerprint density at radius 3 is 0.912 bits per heavy atom. The van der Waals surface area contributed by atoms with Gasteiger partial charge in [0.15, 0.2) is 0 Å². The van der Waals surface area contributed by atoms with Crippen LogP contribution in [0.2, 0.25) is 0 Å². The van der Waals surface area contributed by atoms with Crippen molar-refractivity contribution in [1.82, 2.24) is 9.47 Å². The first-order valence-corrected chi connectivity index (χ1v) is 13.4. The van der Waals surface area contributed by atoms with Gasteiger partial charge in [0.1, 0.15) is 0 Å². The molecule has 0 bridgehead atoms. The molecule has 0 aromatic carbocycles. The van der Waals surface area contributed by atoms with Crippen LogP contribution in [-0.4, -0.2) is 28.1 Å². The molecule has 0 saturated carbocycles. The van der Waals surface area contributed by atoms with E-state index in [1.807, 2.05) is 0 Å². The van der Waals surface area contributed by atoms with Gasteiger partial charge >= 0.3 is 0 Å². The van der Waals surface area contributed by atoms with Gasteiger partial charge in [-0.05, 0) is 85.5 Å². The van der Waals surface area contributed by atoms with Crippen LogP contribution in [0, 0.1) is 10.8 Å². The van der Waals surface area contributed by atoms with Crippen LogP contribution in [0.3, 0.4) is 0 Å². The average molecular weight is 473 g/mol. The summed E-state index contributed by atoms with van der Waals surface area (Å²) in [7, 11) is 0. The molecule has 0 saturated heterocycles. The van der Waals surface area contributed by atoms with Crippen LogP contribution in [0.25, 0.3) is 0 Å². The lowest BCUT2D eigenvalue weighted by molar-refractivity contribution is 0.170. The predicted octanol–water partition coefficient (Wildman–Crippen LogP) is 9.33. The summed E-state index contributed by atoms with van der Waals surface area (Å²) in [4.78, 5) is 2.61. The summed E-state index contributed by atoms with van der Waals surface area (Å²) in [6.07, 6.45) is 4.67. The van der Waals surface area contributed by atoms with Gasteiger partial charge in [-0.1, -0.05) is 83.1 Å². The highest BCUT2D eigenvalue weighted by atomic mass is 15.2. The Morgan fingerprint density at radius 1 is 0.441 bits per heavy atom. The third kappa shape index (κ3) is 8.00. The van der Waals surface area contributed by atoms with E-state index in [-0.39, 0.29) is 21.9 Å². The van der Waals surface area contributed by atoms with E-state index in [0.29, 0.717) is 10.8 Å². The van der Waals surface area contributed by atoms with Gasteiger partial charge in [-0.25, -0.2) is 0 Å². The summed E-state index contributed by atoms with van der Waals surface area (Å²) in [5.41, 5.74) is 7.68. The summed E-state index contributed by atoms with van der Waals surface area (Å²) in [6, 6.07) is 0. The molecule has 2 rings (SSSR count). The van der Waals surface area contributed by atoms with Crippen LogP contribution in [-0.2, 0) is 16.4 Å². The number of nitrogens with zero attached hydrogens (tertiary/aromatic N) is 2. The molecule has 1 aromatic rings. The highest BCUT2D eigenvalue weighted by molar-refractivity contribution is 5.36. The minimum atomic E-state index is 0.156. The van der Waals surface area contributed by atoms with Crippen LogP contribution >= 0.6 is 0 Å². The minimum Gasteiger partial charge on any atom is -0.348 e. The Balaban J connectivity index is 0.000000340. The molecule has 1 aliphatic rings. The largest absolute Gasteiger partial charge is 0.348 e. The van der Waals surface area contributed by atoms with E-state index in [0.717, 1.165) is 13.1 Å². The Kier molecular flexibility index (Phi) is 8.62. The first kappa shape index (κ1) is 31.0. The fourth-order valence-electron chi connectivity index (χ4n) is 4.52. The predicted molar refractivity (Wildman–Crippen MR) is 154 cm³/mol. The van der Waals surface area contributed by atoms with E-state index < -0.39 is 0 Å². The molecule has 0 radical (unpaired) electrons. The monoisotopic (exact) mass is 472 g/mol. The zero-order valence-corrected chi connectivity index (χ0v) is 26.5. The third-order valence-electron chi connectivity index (χ3n) is 7.04. The molecule has 0 aliphatic carbocycles. The maximum absolute atomic E-state index is 2.61. The maximum Gasteiger partial charge on any atom is 0.0355 e. The summed E-state index contributed by atoms with van der Waals surface area (Å²) < 4.78 is 2.36. The van der Waals surface area contributed by atoms with Crippen molar-refractivity contribution in [3.8, 4) is 0 Å². The number of hydrogen-bond acceptors (Lipinski definition) is 1. The molecule has 2 heteroatoms. The second-order valence-corrected chi connectivity index (χ2v) is 16.6. The molecule has 34 heavy (non-hydrogen) atoms. The molecule has 1 aliphatic heterocycles. The fraction of sp³-hybridized carbons (Fsp3) is 0.812. The molecule has 198 valence electrons. The highest BCUT2D eigenvalue weighted by Crippen LogP contribution is 2.42. The molecule has 2 heterocycles. The van der Waals surface area contributed by atoms with E-state index in [1.165, 1.54) is 11.1 Å². The van der Waals surface area contributed by atoms with Gasteiger partial charge in [-0.3, -0.25) is 4.90 Å². The van der Waals surface area contributed by atoms with Crippen molar-refractivity contribution in [3.05, 3.63) is 34.7 Å². The molecular weight excluding hydrogens is 412 g/mol. The molecule has 0 amide bonds. The molecule has 0 atom stereocenters. The van der Waals surface area contributed by atoms with Gasteiger partial charge in [0, 0.05) is 36.6 Å². The number of rotatable bonds is 0. The smallest absolute Gasteiger partial charge is 0.0355 e. The van der Waals surface area contributed by atoms with Gasteiger partial charge in [0.25, 0.3) is 0 Å². The lowest BCUT2D eigenvalue weighted by Gasteiger charge is -2.33. The first-order valence-electron chi connectivity index (χ1n) is 13.4. The third-order valence-corrected chi connectivity index (χ3v) is 7.04. The summed E-state index contributed by atoms with van der Waals surface area (Å²) in [5, 5.41) is 0. The highest BCUT2D eigenvalue weighted by Gasteiger charge is 2.38. The number of hydrogen-bond donors (Lipinski definition) is 0. The number of aromatic nitrogens is 1. The second-order valence-electron chi connectivity index (χ2n) is 16.6. The van der Waals surface area contributed by atoms with Crippen LogP contribution < -0.4 is 0 Å². The Labute approximate surface area is 214 Å². The zero-order chi connectivity index (χ0) is 27.3. The molecule has 0 unspecified atom stereocenters. The van der Waals surface area contributed by atoms with Gasteiger partial charge in [-0.15, -0.1) is 0 Å². The molecule has 0 N–H and O–H groups in total.